The zero-order valence-corrected chi connectivity index (χ0v) is 22.8. The Labute approximate surface area is 229 Å². The fourth-order valence-electron chi connectivity index (χ4n) is 5.75. The van der Waals surface area contributed by atoms with Gasteiger partial charge in [-0.05, 0) is 67.5 Å². The molecule has 0 bridgehead atoms. The molecule has 1 aliphatic heterocycles. The van der Waals surface area contributed by atoms with Crippen molar-refractivity contribution in [3.63, 3.8) is 0 Å². The molecule has 6 rings (SSSR count). The van der Waals surface area contributed by atoms with Gasteiger partial charge in [0.05, 0.1) is 11.1 Å². The summed E-state index contributed by atoms with van der Waals surface area (Å²) in [6.07, 6.45) is 4.12. The summed E-state index contributed by atoms with van der Waals surface area (Å²) >= 11 is 0. The third-order valence-electron chi connectivity index (χ3n) is 7.80. The van der Waals surface area contributed by atoms with E-state index in [2.05, 4.69) is 79.4 Å². The molecule has 2 aromatic heterocycles. The molecule has 3 heterocycles. The van der Waals surface area contributed by atoms with Gasteiger partial charge in [0.25, 0.3) is 0 Å². The van der Waals surface area contributed by atoms with Crippen molar-refractivity contribution in [2.75, 3.05) is 17.2 Å². The first-order valence-corrected chi connectivity index (χ1v) is 13.8. The number of nitrogen functional groups attached to an aromatic ring is 1. The van der Waals surface area contributed by atoms with E-state index >= 15 is 0 Å². The maximum atomic E-state index is 6.65. The fraction of sp³-hybridized carbons (Fsp3) is 0.273. The largest absolute Gasteiger partial charge is 0.457 e. The Hall–Kier alpha value is -4.32. The van der Waals surface area contributed by atoms with Gasteiger partial charge in [-0.3, -0.25) is 4.98 Å². The summed E-state index contributed by atoms with van der Waals surface area (Å²) in [5.74, 6) is 1.86. The average molecular weight is 519 g/mol. The van der Waals surface area contributed by atoms with Crippen LogP contribution in [0, 0.1) is 6.92 Å². The van der Waals surface area contributed by atoms with Crippen LogP contribution in [0.4, 0.5) is 11.5 Å². The highest BCUT2D eigenvalue weighted by atomic mass is 16.5. The van der Waals surface area contributed by atoms with Crippen LogP contribution in [0.15, 0.2) is 71.3 Å². The second-order valence-corrected chi connectivity index (χ2v) is 10.2. The molecule has 0 radical (unpaired) electrons. The molecule has 0 amide bonds. The molecule has 0 atom stereocenters. The van der Waals surface area contributed by atoms with Gasteiger partial charge in [0.2, 0.25) is 0 Å². The molecule has 39 heavy (non-hydrogen) atoms. The van der Waals surface area contributed by atoms with Gasteiger partial charge in [-0.2, -0.15) is 0 Å². The molecule has 1 aliphatic rings. The smallest absolute Gasteiger partial charge is 0.174 e. The first-order chi connectivity index (χ1) is 19.1. The molecule has 0 fully saturated rings. The van der Waals surface area contributed by atoms with Crippen molar-refractivity contribution >= 4 is 22.5 Å². The number of hydrogen-bond acceptors (Lipinski definition) is 6. The summed E-state index contributed by atoms with van der Waals surface area (Å²) in [6.45, 7) is 8.22. The highest BCUT2D eigenvalue weighted by molar-refractivity contribution is 5.87. The van der Waals surface area contributed by atoms with E-state index in [4.69, 9.17) is 20.0 Å². The second kappa shape index (κ2) is 10.4. The van der Waals surface area contributed by atoms with Gasteiger partial charge in [0.1, 0.15) is 11.5 Å². The number of aromatic nitrogens is 2. The highest BCUT2D eigenvalue weighted by Crippen LogP contribution is 2.38. The van der Waals surface area contributed by atoms with Gasteiger partial charge in [-0.15, -0.1) is 0 Å². The number of aryl methyl sites for hydroxylation is 4. The van der Waals surface area contributed by atoms with Gasteiger partial charge in [-0.1, -0.05) is 55.4 Å². The Bertz CT molecular complexity index is 1630. The summed E-state index contributed by atoms with van der Waals surface area (Å²) in [5, 5.41) is 4.68. The molecule has 6 nitrogen and oxygen atoms in total. The normalized spacial score (nSPS) is 13.1. The van der Waals surface area contributed by atoms with Crippen LogP contribution >= 0.6 is 0 Å². The highest BCUT2D eigenvalue weighted by Gasteiger charge is 2.22. The predicted octanol–water partition coefficient (Wildman–Crippen LogP) is 7.65. The van der Waals surface area contributed by atoms with Crippen molar-refractivity contribution in [2.24, 2.45) is 0 Å². The van der Waals surface area contributed by atoms with Crippen molar-refractivity contribution in [1.82, 2.24) is 10.1 Å². The van der Waals surface area contributed by atoms with Crippen LogP contribution in [0.25, 0.3) is 22.2 Å². The number of anilines is 2. The van der Waals surface area contributed by atoms with E-state index in [0.717, 1.165) is 66.9 Å². The molecule has 0 saturated carbocycles. The summed E-state index contributed by atoms with van der Waals surface area (Å²) in [6, 6.07) is 23.0. The molecule has 0 spiro atoms. The number of rotatable bonds is 7. The van der Waals surface area contributed by atoms with Crippen LogP contribution in [0.1, 0.15) is 48.2 Å². The van der Waals surface area contributed by atoms with Gasteiger partial charge >= 0.3 is 0 Å². The Morgan fingerprint density at radius 3 is 2.56 bits per heavy atom. The number of nitrogens with zero attached hydrogens (tertiary/aromatic N) is 3. The van der Waals surface area contributed by atoms with Crippen LogP contribution < -0.4 is 15.4 Å². The molecule has 0 saturated heterocycles. The van der Waals surface area contributed by atoms with Crippen LogP contribution in [0.3, 0.4) is 0 Å². The topological polar surface area (TPSA) is 77.4 Å². The Balaban J connectivity index is 1.47. The van der Waals surface area contributed by atoms with E-state index in [0.29, 0.717) is 17.2 Å². The van der Waals surface area contributed by atoms with Crippen molar-refractivity contribution in [2.45, 2.75) is 53.0 Å². The van der Waals surface area contributed by atoms with E-state index in [1.165, 1.54) is 27.9 Å². The maximum Gasteiger partial charge on any atom is 0.174 e. The minimum absolute atomic E-state index is 0.381. The van der Waals surface area contributed by atoms with Gasteiger partial charge < -0.3 is 19.9 Å². The van der Waals surface area contributed by atoms with Crippen molar-refractivity contribution in [3.05, 3.63) is 94.7 Å². The van der Waals surface area contributed by atoms with Crippen molar-refractivity contribution < 1.29 is 9.26 Å². The molecule has 5 aromatic rings. The molecule has 6 heteroatoms. The van der Waals surface area contributed by atoms with Crippen LogP contribution in [0.2, 0.25) is 0 Å². The number of fused-ring (bicyclic) bond motifs is 2. The summed E-state index contributed by atoms with van der Waals surface area (Å²) in [4.78, 5) is 7.64. The lowest BCUT2D eigenvalue weighted by molar-refractivity contribution is 0.452. The molecule has 0 unspecified atom stereocenters. The Morgan fingerprint density at radius 2 is 1.77 bits per heavy atom. The van der Waals surface area contributed by atoms with Crippen LogP contribution in [-0.2, 0) is 25.8 Å². The molecule has 198 valence electrons. The SMILES string of the molecule is CCc1cccc(CC)c1-c1cc(Oc2ccc3c(N)noc3c2)c(CN2CCCc3ccccc32)c(C)n1. The number of nitrogens with two attached hydrogens (primary N) is 1. The van der Waals surface area contributed by atoms with Crippen LogP contribution in [0.5, 0.6) is 11.5 Å². The van der Waals surface area contributed by atoms with Gasteiger partial charge in [0, 0.05) is 47.7 Å². The number of para-hydroxylation sites is 1. The minimum atomic E-state index is 0.381. The Kier molecular flexibility index (Phi) is 6.69. The molecular weight excluding hydrogens is 484 g/mol. The predicted molar refractivity (Wildman–Crippen MR) is 157 cm³/mol. The quantitative estimate of drug-likeness (QED) is 0.238. The zero-order chi connectivity index (χ0) is 26.9. The number of hydrogen-bond donors (Lipinski definition) is 1. The second-order valence-electron chi connectivity index (χ2n) is 10.2. The summed E-state index contributed by atoms with van der Waals surface area (Å²) < 4.78 is 12.1. The molecular formula is C33H34N4O2. The van der Waals surface area contributed by atoms with E-state index in [1.54, 1.807) is 0 Å². The number of pyridine rings is 1. The van der Waals surface area contributed by atoms with Crippen molar-refractivity contribution in [3.8, 4) is 22.8 Å². The third kappa shape index (κ3) is 4.71. The van der Waals surface area contributed by atoms with E-state index in [9.17, 15) is 0 Å². The zero-order valence-electron chi connectivity index (χ0n) is 22.8. The van der Waals surface area contributed by atoms with E-state index in [-0.39, 0.29) is 0 Å². The first kappa shape index (κ1) is 25.0. The van der Waals surface area contributed by atoms with E-state index in [1.807, 2.05) is 18.2 Å². The third-order valence-corrected chi connectivity index (χ3v) is 7.80. The average Bonchev–Trinajstić information content (AvgIpc) is 3.33. The Morgan fingerprint density at radius 1 is 0.974 bits per heavy atom. The fourth-order valence-corrected chi connectivity index (χ4v) is 5.75. The monoisotopic (exact) mass is 518 g/mol. The molecule has 0 aliphatic carbocycles. The lowest BCUT2D eigenvalue weighted by Crippen LogP contribution is -2.29. The summed E-state index contributed by atoms with van der Waals surface area (Å²) in [5.41, 5.74) is 16.0. The summed E-state index contributed by atoms with van der Waals surface area (Å²) in [7, 11) is 0. The number of benzene rings is 3. The van der Waals surface area contributed by atoms with Crippen LogP contribution in [-0.4, -0.2) is 16.7 Å². The first-order valence-electron chi connectivity index (χ1n) is 13.8. The molecule has 3 aromatic carbocycles. The maximum absolute atomic E-state index is 6.65. The lowest BCUT2D eigenvalue weighted by atomic mass is 9.94. The minimum Gasteiger partial charge on any atom is -0.457 e. The molecule has 2 N–H and O–H groups in total. The van der Waals surface area contributed by atoms with Gasteiger partial charge in [-0.25, -0.2) is 0 Å². The number of ether oxygens (including phenoxy) is 1. The van der Waals surface area contributed by atoms with Crippen molar-refractivity contribution in [1.29, 1.82) is 0 Å². The van der Waals surface area contributed by atoms with Gasteiger partial charge in [0.15, 0.2) is 11.4 Å². The standard InChI is InChI=1S/C33H34N4O2/c1-4-22-11-8-12-23(5-2)32(22)28-19-30(38-25-15-16-26-31(18-25)39-36-33(26)34)27(21(3)35-28)20-37-17-9-13-24-10-6-7-14-29(24)37/h6-8,10-12,14-16,18-19H,4-5,9,13,17,20H2,1-3H3,(H2,34,36). The van der Waals surface area contributed by atoms with E-state index < -0.39 is 0 Å². The lowest BCUT2D eigenvalue weighted by Gasteiger charge is -2.32.